The van der Waals surface area contributed by atoms with Gasteiger partial charge in [0.15, 0.2) is 0 Å². The lowest BCUT2D eigenvalue weighted by Gasteiger charge is -2.09. The average molecular weight is 303 g/mol. The molecule has 1 aromatic carbocycles. The van der Waals surface area contributed by atoms with Gasteiger partial charge in [-0.15, -0.1) is 0 Å². The lowest BCUT2D eigenvalue weighted by Crippen LogP contribution is -2.13. The van der Waals surface area contributed by atoms with Crippen molar-refractivity contribution in [3.63, 3.8) is 0 Å². The van der Waals surface area contributed by atoms with Crippen LogP contribution >= 0.6 is 26.6 Å². The molecule has 0 fully saturated rings. The summed E-state index contributed by atoms with van der Waals surface area (Å²) in [6, 6.07) is 5.84. The van der Waals surface area contributed by atoms with Crippen molar-refractivity contribution in [2.24, 2.45) is 5.14 Å². The number of nitrogens with one attached hydrogen (secondary N) is 1. The van der Waals surface area contributed by atoms with Crippen molar-refractivity contribution >= 4 is 43.6 Å². The van der Waals surface area contributed by atoms with E-state index in [1.807, 2.05) is 37.4 Å². The number of carbonyl (C=O) groups excluding carboxylic acids is 1. The normalized spacial score (nSPS) is 12.5. The quantitative estimate of drug-likeness (QED) is 0.666. The van der Waals surface area contributed by atoms with Crippen LogP contribution in [-0.4, -0.2) is 16.6 Å². The van der Waals surface area contributed by atoms with Gasteiger partial charge in [0.25, 0.3) is 0 Å². The molecular formula is C11H15BrN2OS. The van der Waals surface area contributed by atoms with Gasteiger partial charge in [-0.25, -0.2) is 0 Å². The van der Waals surface area contributed by atoms with E-state index in [4.69, 9.17) is 5.14 Å². The largest absolute Gasteiger partial charge is 0.325 e. The van der Waals surface area contributed by atoms with E-state index in [1.165, 1.54) is 0 Å². The van der Waals surface area contributed by atoms with Crippen LogP contribution in [0.2, 0.25) is 0 Å². The first-order valence-corrected chi connectivity index (χ1v) is 7.29. The van der Waals surface area contributed by atoms with Gasteiger partial charge in [-0.05, 0) is 43.0 Å². The Hall–Kier alpha value is -0.650. The molecule has 1 unspecified atom stereocenters. The molecule has 1 rings (SSSR count). The van der Waals surface area contributed by atoms with Crippen LogP contribution in [0.5, 0.6) is 0 Å². The van der Waals surface area contributed by atoms with E-state index in [2.05, 4.69) is 21.2 Å². The van der Waals surface area contributed by atoms with Crippen LogP contribution < -0.4 is 10.5 Å². The number of carbonyl (C=O) groups is 1. The predicted molar refractivity (Wildman–Crippen MR) is 75.4 cm³/mol. The zero-order valence-corrected chi connectivity index (χ0v) is 11.7. The number of nitrogens with two attached hydrogens (primary N) is 1. The van der Waals surface area contributed by atoms with Crippen LogP contribution in [0.25, 0.3) is 0 Å². The van der Waals surface area contributed by atoms with Crippen molar-refractivity contribution in [2.45, 2.75) is 18.7 Å². The number of rotatable bonds is 3. The van der Waals surface area contributed by atoms with Gasteiger partial charge in [0.1, 0.15) is 0 Å². The Morgan fingerprint density at radius 3 is 2.81 bits per heavy atom. The summed E-state index contributed by atoms with van der Waals surface area (Å²) in [5.74, 6) is -0.0512. The van der Waals surface area contributed by atoms with Gasteiger partial charge in [0.2, 0.25) is 5.91 Å². The zero-order chi connectivity index (χ0) is 12.1. The second-order valence-electron chi connectivity index (χ2n) is 3.27. The average Bonchev–Trinajstić information content (AvgIpc) is 2.30. The summed E-state index contributed by atoms with van der Waals surface area (Å²) in [6.07, 6.45) is 0. The summed E-state index contributed by atoms with van der Waals surface area (Å²) < 4.78 is 0. The zero-order valence-electron chi connectivity index (χ0n) is 9.29. The summed E-state index contributed by atoms with van der Waals surface area (Å²) in [5, 5.41) is 11.0. The van der Waals surface area contributed by atoms with Crippen molar-refractivity contribution in [3.8, 4) is 0 Å². The molecule has 1 amide bonds. The number of benzene rings is 1. The maximum atomic E-state index is 11.2. The van der Waals surface area contributed by atoms with Crippen LogP contribution in [0.15, 0.2) is 23.1 Å². The molecule has 88 valence electrons. The van der Waals surface area contributed by atoms with Crippen molar-refractivity contribution < 1.29 is 4.79 Å². The SMILES string of the molecule is C/C=S(\N)c1ccc(NC(=O)CBr)c(C)c1. The van der Waals surface area contributed by atoms with Gasteiger partial charge in [-0.1, -0.05) is 26.6 Å². The molecule has 16 heavy (non-hydrogen) atoms. The molecule has 3 N–H and O–H groups in total. The minimum absolute atomic E-state index is 0.0512. The van der Waals surface area contributed by atoms with E-state index in [9.17, 15) is 4.79 Å². The van der Waals surface area contributed by atoms with E-state index in [1.54, 1.807) is 0 Å². The second-order valence-corrected chi connectivity index (χ2v) is 5.51. The molecule has 0 aliphatic carbocycles. The Morgan fingerprint density at radius 1 is 1.62 bits per heavy atom. The van der Waals surface area contributed by atoms with Crippen molar-refractivity contribution in [1.82, 2.24) is 0 Å². The van der Waals surface area contributed by atoms with Crippen LogP contribution in [-0.2, 0) is 4.79 Å². The Balaban J connectivity index is 2.96. The highest BCUT2D eigenvalue weighted by Crippen LogP contribution is 2.24. The Kier molecular flexibility index (Phi) is 5.18. The molecule has 0 aromatic heterocycles. The number of amides is 1. The number of anilines is 1. The fourth-order valence-corrected chi connectivity index (χ4v) is 2.19. The molecule has 0 saturated heterocycles. The number of halogens is 1. The third-order valence-corrected chi connectivity index (χ3v) is 3.93. The maximum Gasteiger partial charge on any atom is 0.235 e. The van der Waals surface area contributed by atoms with E-state index < -0.39 is 0 Å². The second kappa shape index (κ2) is 6.18. The van der Waals surface area contributed by atoms with Gasteiger partial charge in [0.05, 0.1) is 5.33 Å². The molecule has 0 spiro atoms. The highest BCUT2D eigenvalue weighted by Gasteiger charge is 2.04. The highest BCUT2D eigenvalue weighted by atomic mass is 79.9. The Labute approximate surface area is 107 Å². The number of alkyl halides is 1. The minimum Gasteiger partial charge on any atom is -0.325 e. The van der Waals surface area contributed by atoms with E-state index in [-0.39, 0.29) is 16.6 Å². The van der Waals surface area contributed by atoms with Crippen molar-refractivity contribution in [3.05, 3.63) is 23.8 Å². The van der Waals surface area contributed by atoms with Gasteiger partial charge >= 0.3 is 0 Å². The smallest absolute Gasteiger partial charge is 0.235 e. The summed E-state index contributed by atoms with van der Waals surface area (Å²) in [4.78, 5) is 12.3. The van der Waals surface area contributed by atoms with Gasteiger partial charge in [0, 0.05) is 10.6 Å². The van der Waals surface area contributed by atoms with E-state index in [0.717, 1.165) is 16.1 Å². The van der Waals surface area contributed by atoms with Crippen molar-refractivity contribution in [1.29, 1.82) is 0 Å². The predicted octanol–water partition coefficient (Wildman–Crippen LogP) is 2.65. The van der Waals surface area contributed by atoms with Crippen LogP contribution in [0.4, 0.5) is 5.69 Å². The van der Waals surface area contributed by atoms with Crippen LogP contribution in [0.1, 0.15) is 12.5 Å². The lowest BCUT2D eigenvalue weighted by molar-refractivity contribution is -0.113. The number of aryl methyl sites for hydroxylation is 1. The highest BCUT2D eigenvalue weighted by molar-refractivity contribution is 9.09. The van der Waals surface area contributed by atoms with Crippen molar-refractivity contribution in [2.75, 3.05) is 10.6 Å². The summed E-state index contributed by atoms with van der Waals surface area (Å²) >= 11 is 3.11. The molecule has 1 aromatic rings. The first kappa shape index (κ1) is 13.4. The molecule has 0 aliphatic heterocycles. The number of hydrogen-bond donors (Lipinski definition) is 2. The van der Waals surface area contributed by atoms with Gasteiger partial charge < -0.3 is 5.32 Å². The molecule has 1 atom stereocenters. The fraction of sp³-hybridized carbons (Fsp3) is 0.273. The topological polar surface area (TPSA) is 55.1 Å². The third kappa shape index (κ3) is 3.43. The van der Waals surface area contributed by atoms with E-state index in [0.29, 0.717) is 5.33 Å². The lowest BCUT2D eigenvalue weighted by atomic mass is 10.2. The van der Waals surface area contributed by atoms with Gasteiger partial charge in [-0.3, -0.25) is 9.93 Å². The van der Waals surface area contributed by atoms with Crippen LogP contribution in [0.3, 0.4) is 0 Å². The Morgan fingerprint density at radius 2 is 2.31 bits per heavy atom. The molecule has 0 bridgehead atoms. The summed E-state index contributed by atoms with van der Waals surface area (Å²) in [7, 11) is -0.320. The maximum absolute atomic E-state index is 11.2. The molecule has 0 aliphatic rings. The minimum atomic E-state index is -0.320. The molecule has 0 saturated carbocycles. The standard InChI is InChI=1S/C11H15BrN2OS/c1-3-16(13)9-4-5-10(8(2)6-9)14-11(15)7-12/h3-6H,7,13H2,1-2H3,(H,14,15). The summed E-state index contributed by atoms with van der Waals surface area (Å²) in [6.45, 7) is 3.90. The molecule has 0 radical (unpaired) electrons. The van der Waals surface area contributed by atoms with Crippen LogP contribution in [0, 0.1) is 6.92 Å². The van der Waals surface area contributed by atoms with E-state index >= 15 is 0 Å². The number of hydrogen-bond acceptors (Lipinski definition) is 2. The fourth-order valence-electron chi connectivity index (χ4n) is 1.24. The monoisotopic (exact) mass is 302 g/mol. The van der Waals surface area contributed by atoms with Gasteiger partial charge in [-0.2, -0.15) is 0 Å². The molecule has 5 heteroatoms. The first-order chi connectivity index (χ1) is 7.58. The first-order valence-electron chi connectivity index (χ1n) is 4.82. The third-order valence-electron chi connectivity index (χ3n) is 2.12. The summed E-state index contributed by atoms with van der Waals surface area (Å²) in [5.41, 5.74) is 1.86. The molecule has 3 nitrogen and oxygen atoms in total. The Bertz CT molecular complexity index is 432. The molecular weight excluding hydrogens is 288 g/mol. The molecule has 0 heterocycles.